The first-order chi connectivity index (χ1) is 4.83. The molecule has 0 saturated heterocycles. The van der Waals surface area contributed by atoms with Crippen LogP contribution in [0.2, 0.25) is 6.55 Å². The van der Waals surface area contributed by atoms with Gasteiger partial charge in [-0.2, -0.15) is 0 Å². The summed E-state index contributed by atoms with van der Waals surface area (Å²) >= 11 is 0. The van der Waals surface area contributed by atoms with Crippen LogP contribution in [-0.4, -0.2) is 20.8 Å². The highest BCUT2D eigenvalue weighted by molar-refractivity contribution is 6.67. The van der Waals surface area contributed by atoms with Gasteiger partial charge in [0.05, 0.1) is 0 Å². The van der Waals surface area contributed by atoms with Crippen LogP contribution in [0.5, 0.6) is 0 Å². The van der Waals surface area contributed by atoms with E-state index in [9.17, 15) is 0 Å². The van der Waals surface area contributed by atoms with E-state index in [1.807, 2.05) is 34.2 Å². The van der Waals surface area contributed by atoms with Crippen molar-refractivity contribution in [3.63, 3.8) is 0 Å². The molecule has 0 saturated carbocycles. The Bertz CT molecular complexity index is 98.7. The second kappa shape index (κ2) is 4.23. The first-order valence-electron chi connectivity index (χ1n) is 4.04. The molecule has 1 radical (unpaired) electrons. The Balaban J connectivity index is 3.79. The van der Waals surface area contributed by atoms with Gasteiger partial charge in [-0.1, -0.05) is 0 Å². The molecule has 11 heavy (non-hydrogen) atoms. The summed E-state index contributed by atoms with van der Waals surface area (Å²) in [6.45, 7) is 13.9. The Morgan fingerprint density at radius 2 is 1.27 bits per heavy atom. The van der Waals surface area contributed by atoms with Gasteiger partial charge in [-0.05, 0) is 40.8 Å². The lowest BCUT2D eigenvalue weighted by molar-refractivity contribution is 0.118. The first kappa shape index (κ1) is 11.1. The summed E-state index contributed by atoms with van der Waals surface area (Å²) in [6, 6.07) is 0. The largest absolute Gasteiger partial charge is 0.392 e. The van der Waals surface area contributed by atoms with Crippen LogP contribution in [0.15, 0.2) is 0 Å². The SMILES string of the molecule is [CH2][Si](C)(OC(C)C)OC(C)C. The summed E-state index contributed by atoms with van der Waals surface area (Å²) in [6.07, 6.45) is 0.422. The standard InChI is InChI=1S/C8H19O2Si/c1-7(2)9-11(5,6)10-8(3)4/h7-8H,5H2,1-4,6H3. The summed E-state index contributed by atoms with van der Waals surface area (Å²) < 4.78 is 11.1. The highest BCUT2D eigenvalue weighted by Crippen LogP contribution is 2.10. The van der Waals surface area contributed by atoms with Gasteiger partial charge in [0.15, 0.2) is 0 Å². The average molecular weight is 175 g/mol. The highest BCUT2D eigenvalue weighted by atomic mass is 28.4. The Labute approximate surface area is 71.1 Å². The van der Waals surface area contributed by atoms with E-state index >= 15 is 0 Å². The molecule has 0 fully saturated rings. The molecular formula is C8H19O2Si. The van der Waals surface area contributed by atoms with E-state index in [-0.39, 0.29) is 12.2 Å². The van der Waals surface area contributed by atoms with Gasteiger partial charge in [0.2, 0.25) is 0 Å². The predicted octanol–water partition coefficient (Wildman–Crippen LogP) is 2.28. The lowest BCUT2D eigenvalue weighted by Gasteiger charge is -2.27. The van der Waals surface area contributed by atoms with Crippen molar-refractivity contribution in [3.8, 4) is 0 Å². The Morgan fingerprint density at radius 3 is 1.45 bits per heavy atom. The molecule has 0 aliphatic carbocycles. The van der Waals surface area contributed by atoms with Crippen molar-refractivity contribution in [3.05, 3.63) is 6.55 Å². The van der Waals surface area contributed by atoms with E-state index in [1.54, 1.807) is 0 Å². The summed E-state index contributed by atoms with van der Waals surface area (Å²) in [7, 11) is -2.08. The highest BCUT2D eigenvalue weighted by Gasteiger charge is 2.27. The minimum atomic E-state index is -2.08. The van der Waals surface area contributed by atoms with Crippen molar-refractivity contribution in [1.82, 2.24) is 0 Å². The topological polar surface area (TPSA) is 18.5 Å². The van der Waals surface area contributed by atoms with Crippen LogP contribution >= 0.6 is 0 Å². The molecule has 67 valence electrons. The quantitative estimate of drug-likeness (QED) is 0.610. The number of hydrogen-bond acceptors (Lipinski definition) is 2. The molecule has 0 amide bonds. The third kappa shape index (κ3) is 6.53. The normalized spacial score (nSPS) is 13.1. The maximum Gasteiger partial charge on any atom is 0.335 e. The fourth-order valence-corrected chi connectivity index (χ4v) is 3.07. The van der Waals surface area contributed by atoms with E-state index in [4.69, 9.17) is 8.85 Å². The van der Waals surface area contributed by atoms with Crippen LogP contribution in [0.1, 0.15) is 27.7 Å². The minimum Gasteiger partial charge on any atom is -0.392 e. The van der Waals surface area contributed by atoms with Crippen LogP contribution in [-0.2, 0) is 8.85 Å². The third-order valence-corrected chi connectivity index (χ3v) is 2.91. The van der Waals surface area contributed by atoms with Gasteiger partial charge in [-0.3, -0.25) is 0 Å². The molecule has 0 atom stereocenters. The smallest absolute Gasteiger partial charge is 0.335 e. The molecule has 0 aliphatic heterocycles. The fourth-order valence-electron chi connectivity index (χ4n) is 1.02. The lowest BCUT2D eigenvalue weighted by atomic mass is 10.5. The monoisotopic (exact) mass is 175 g/mol. The minimum absolute atomic E-state index is 0.211. The average Bonchev–Trinajstić information content (AvgIpc) is 1.53. The van der Waals surface area contributed by atoms with E-state index in [1.165, 1.54) is 0 Å². The molecule has 0 rings (SSSR count). The number of rotatable bonds is 4. The van der Waals surface area contributed by atoms with Gasteiger partial charge in [0.1, 0.15) is 0 Å². The summed E-state index contributed by atoms with van der Waals surface area (Å²) in [5.74, 6) is 0. The number of hydrogen-bond donors (Lipinski definition) is 0. The Hall–Kier alpha value is 0.137. The second-order valence-corrected chi connectivity index (χ2v) is 6.21. The zero-order valence-electron chi connectivity index (χ0n) is 8.18. The maximum absolute atomic E-state index is 5.55. The van der Waals surface area contributed by atoms with Crippen LogP contribution in [0.4, 0.5) is 0 Å². The first-order valence-corrected chi connectivity index (χ1v) is 6.57. The fraction of sp³-hybridized carbons (Fsp3) is 0.875. The van der Waals surface area contributed by atoms with Gasteiger partial charge in [-0.25, -0.2) is 0 Å². The van der Waals surface area contributed by atoms with E-state index in [0.717, 1.165) is 0 Å². The molecule has 0 aliphatic rings. The van der Waals surface area contributed by atoms with E-state index < -0.39 is 8.56 Å². The third-order valence-electron chi connectivity index (χ3n) is 0.970. The van der Waals surface area contributed by atoms with Crippen LogP contribution in [0.3, 0.4) is 0 Å². The molecule has 0 heterocycles. The molecule has 0 N–H and O–H groups in total. The van der Waals surface area contributed by atoms with Crippen LogP contribution in [0, 0.1) is 6.55 Å². The van der Waals surface area contributed by atoms with Crippen molar-refractivity contribution in [1.29, 1.82) is 0 Å². The van der Waals surface area contributed by atoms with E-state index in [2.05, 4.69) is 6.55 Å². The molecule has 0 aromatic heterocycles. The van der Waals surface area contributed by atoms with E-state index in [0.29, 0.717) is 0 Å². The van der Waals surface area contributed by atoms with Crippen molar-refractivity contribution in [2.75, 3.05) is 0 Å². The Morgan fingerprint density at radius 1 is 1.00 bits per heavy atom. The molecule has 0 unspecified atom stereocenters. The zero-order chi connectivity index (χ0) is 9.07. The lowest BCUT2D eigenvalue weighted by Crippen LogP contribution is -2.40. The molecule has 0 aromatic rings. The van der Waals surface area contributed by atoms with Gasteiger partial charge in [0, 0.05) is 12.2 Å². The van der Waals surface area contributed by atoms with Gasteiger partial charge < -0.3 is 8.85 Å². The molecule has 0 spiro atoms. The van der Waals surface area contributed by atoms with Crippen LogP contribution in [0.25, 0.3) is 0 Å². The summed E-state index contributed by atoms with van der Waals surface area (Å²) in [5.41, 5.74) is 0. The zero-order valence-corrected chi connectivity index (χ0v) is 9.18. The molecule has 2 nitrogen and oxygen atoms in total. The van der Waals surface area contributed by atoms with Gasteiger partial charge in [0.25, 0.3) is 0 Å². The summed E-state index contributed by atoms with van der Waals surface area (Å²) in [5, 5.41) is 0. The maximum atomic E-state index is 5.55. The van der Waals surface area contributed by atoms with Crippen molar-refractivity contribution >= 4 is 8.56 Å². The molecule has 0 aromatic carbocycles. The molecular weight excluding hydrogens is 156 g/mol. The van der Waals surface area contributed by atoms with Crippen molar-refractivity contribution in [2.24, 2.45) is 0 Å². The second-order valence-electron chi connectivity index (χ2n) is 3.47. The van der Waals surface area contributed by atoms with Crippen molar-refractivity contribution in [2.45, 2.75) is 46.4 Å². The van der Waals surface area contributed by atoms with Crippen molar-refractivity contribution < 1.29 is 8.85 Å². The molecule has 3 heteroatoms. The summed E-state index contributed by atoms with van der Waals surface area (Å²) in [4.78, 5) is 0. The molecule has 0 bridgehead atoms. The predicted molar refractivity (Wildman–Crippen MR) is 49.4 cm³/mol. The van der Waals surface area contributed by atoms with Gasteiger partial charge in [-0.15, -0.1) is 0 Å². The van der Waals surface area contributed by atoms with Gasteiger partial charge >= 0.3 is 8.56 Å². The Kier molecular flexibility index (Phi) is 4.29. The van der Waals surface area contributed by atoms with Crippen LogP contribution < -0.4 is 0 Å².